The number of carboxylic acids is 1. The summed E-state index contributed by atoms with van der Waals surface area (Å²) in [5.41, 5.74) is -0.594. The lowest BCUT2D eigenvalue weighted by atomic mass is 9.77. The van der Waals surface area contributed by atoms with Crippen LogP contribution in [0.3, 0.4) is 0 Å². The van der Waals surface area contributed by atoms with Gasteiger partial charge in [0.05, 0.1) is 24.2 Å². The van der Waals surface area contributed by atoms with E-state index in [1.807, 2.05) is 13.8 Å². The SMILES string of the molecule is CCCCCCOCC1C2CCC(O2)C1CCCCCC(C)(C)C(=O)O. The Hall–Kier alpha value is -0.610. The average molecular weight is 369 g/mol. The van der Waals surface area contributed by atoms with Crippen LogP contribution in [-0.4, -0.2) is 36.5 Å². The van der Waals surface area contributed by atoms with Gasteiger partial charge in [0.2, 0.25) is 0 Å². The summed E-state index contributed by atoms with van der Waals surface area (Å²) in [6.45, 7) is 7.65. The summed E-state index contributed by atoms with van der Waals surface area (Å²) in [4.78, 5) is 11.2. The highest BCUT2D eigenvalue weighted by Crippen LogP contribution is 2.45. The molecule has 0 radical (unpaired) electrons. The van der Waals surface area contributed by atoms with Crippen molar-refractivity contribution in [3.8, 4) is 0 Å². The van der Waals surface area contributed by atoms with Gasteiger partial charge in [-0.25, -0.2) is 0 Å². The lowest BCUT2D eigenvalue weighted by Gasteiger charge is -2.28. The largest absolute Gasteiger partial charge is 0.481 e. The van der Waals surface area contributed by atoms with Crippen molar-refractivity contribution in [3.63, 3.8) is 0 Å². The van der Waals surface area contributed by atoms with Gasteiger partial charge in [-0.15, -0.1) is 0 Å². The van der Waals surface area contributed by atoms with Crippen molar-refractivity contribution in [1.29, 1.82) is 0 Å². The minimum absolute atomic E-state index is 0.423. The molecule has 4 nitrogen and oxygen atoms in total. The molecular weight excluding hydrogens is 328 g/mol. The van der Waals surface area contributed by atoms with Gasteiger partial charge in [0.25, 0.3) is 0 Å². The molecule has 0 aromatic carbocycles. The Morgan fingerprint density at radius 1 is 1.04 bits per heavy atom. The van der Waals surface area contributed by atoms with Crippen molar-refractivity contribution in [1.82, 2.24) is 0 Å². The first-order valence-electron chi connectivity index (χ1n) is 10.9. The quantitative estimate of drug-likeness (QED) is 0.415. The molecular formula is C22H40O4. The van der Waals surface area contributed by atoms with Crippen LogP contribution in [0.15, 0.2) is 0 Å². The molecule has 4 unspecified atom stereocenters. The van der Waals surface area contributed by atoms with Crippen LogP contribution in [0.1, 0.15) is 91.4 Å². The molecule has 4 heteroatoms. The predicted octanol–water partition coefficient (Wildman–Crippen LogP) is 5.44. The third-order valence-electron chi connectivity index (χ3n) is 6.46. The lowest BCUT2D eigenvalue weighted by molar-refractivity contribution is -0.147. The molecule has 0 saturated carbocycles. The van der Waals surface area contributed by atoms with Crippen LogP contribution in [-0.2, 0) is 14.3 Å². The summed E-state index contributed by atoms with van der Waals surface area (Å²) in [6, 6.07) is 0. The molecule has 2 rings (SSSR count). The molecule has 2 saturated heterocycles. The van der Waals surface area contributed by atoms with Crippen molar-refractivity contribution in [2.24, 2.45) is 17.3 Å². The topological polar surface area (TPSA) is 55.8 Å². The highest BCUT2D eigenvalue weighted by Gasteiger charge is 2.48. The molecule has 152 valence electrons. The maximum absolute atomic E-state index is 11.2. The predicted molar refractivity (Wildman–Crippen MR) is 104 cm³/mol. The van der Waals surface area contributed by atoms with E-state index in [4.69, 9.17) is 9.47 Å². The highest BCUT2D eigenvalue weighted by molar-refractivity contribution is 5.73. The average Bonchev–Trinajstić information content (AvgIpc) is 3.19. The molecule has 0 aromatic rings. The van der Waals surface area contributed by atoms with Crippen LogP contribution in [0, 0.1) is 17.3 Å². The number of unbranched alkanes of at least 4 members (excludes halogenated alkanes) is 5. The number of rotatable bonds is 14. The van der Waals surface area contributed by atoms with E-state index in [9.17, 15) is 9.90 Å². The van der Waals surface area contributed by atoms with Gasteiger partial charge in [0.1, 0.15) is 0 Å². The van der Waals surface area contributed by atoms with E-state index in [-0.39, 0.29) is 0 Å². The third kappa shape index (κ3) is 6.23. The maximum atomic E-state index is 11.2. The van der Waals surface area contributed by atoms with Crippen molar-refractivity contribution in [2.45, 2.75) is 104 Å². The van der Waals surface area contributed by atoms with E-state index in [0.717, 1.165) is 32.5 Å². The fourth-order valence-corrected chi connectivity index (χ4v) is 4.58. The Balaban J connectivity index is 1.64. The standard InChI is InChI=1S/C22H40O4/c1-4-5-6-10-15-25-16-18-17(19-12-13-20(18)26-19)11-8-7-9-14-22(2,3)21(23)24/h17-20H,4-16H2,1-3H3,(H,23,24). The van der Waals surface area contributed by atoms with Crippen LogP contribution in [0.5, 0.6) is 0 Å². The summed E-state index contributed by atoms with van der Waals surface area (Å²) in [7, 11) is 0. The van der Waals surface area contributed by atoms with E-state index in [0.29, 0.717) is 24.0 Å². The van der Waals surface area contributed by atoms with Crippen molar-refractivity contribution < 1.29 is 19.4 Å². The summed E-state index contributed by atoms with van der Waals surface area (Å²) in [5.74, 6) is 0.544. The number of hydrogen-bond acceptors (Lipinski definition) is 3. The normalized spacial score (nSPS) is 28.0. The lowest BCUT2D eigenvalue weighted by Crippen LogP contribution is -2.31. The minimum atomic E-state index is -0.685. The zero-order valence-electron chi connectivity index (χ0n) is 17.2. The molecule has 2 bridgehead atoms. The molecule has 26 heavy (non-hydrogen) atoms. The molecule has 2 heterocycles. The summed E-state index contributed by atoms with van der Waals surface area (Å²) < 4.78 is 12.2. The smallest absolute Gasteiger partial charge is 0.309 e. The van der Waals surface area contributed by atoms with Crippen LogP contribution in [0.4, 0.5) is 0 Å². The Morgan fingerprint density at radius 2 is 1.73 bits per heavy atom. The Labute approximate surface area is 160 Å². The van der Waals surface area contributed by atoms with Gasteiger partial charge >= 0.3 is 5.97 Å². The summed E-state index contributed by atoms with van der Waals surface area (Å²) >= 11 is 0. The van der Waals surface area contributed by atoms with Crippen molar-refractivity contribution >= 4 is 5.97 Å². The summed E-state index contributed by atoms with van der Waals surface area (Å²) in [6.07, 6.45) is 13.6. The first-order chi connectivity index (χ1) is 12.5. The van der Waals surface area contributed by atoms with E-state index in [1.54, 1.807) is 0 Å². The van der Waals surface area contributed by atoms with Crippen LogP contribution in [0.2, 0.25) is 0 Å². The molecule has 4 atom stereocenters. The first-order valence-corrected chi connectivity index (χ1v) is 10.9. The fraction of sp³-hybridized carbons (Fsp3) is 0.955. The van der Waals surface area contributed by atoms with Gasteiger partial charge in [0, 0.05) is 12.5 Å². The van der Waals surface area contributed by atoms with Gasteiger partial charge in [-0.1, -0.05) is 45.4 Å². The summed E-state index contributed by atoms with van der Waals surface area (Å²) in [5, 5.41) is 9.20. The van der Waals surface area contributed by atoms with Crippen molar-refractivity contribution in [2.75, 3.05) is 13.2 Å². The molecule has 0 amide bonds. The second-order valence-corrected chi connectivity index (χ2v) is 9.04. The minimum Gasteiger partial charge on any atom is -0.481 e. The van der Waals surface area contributed by atoms with Gasteiger partial charge in [-0.3, -0.25) is 4.79 Å². The number of ether oxygens (including phenoxy) is 2. The van der Waals surface area contributed by atoms with Gasteiger partial charge in [0.15, 0.2) is 0 Å². The number of fused-ring (bicyclic) bond motifs is 2. The number of aliphatic carboxylic acids is 1. The van der Waals surface area contributed by atoms with Crippen LogP contribution < -0.4 is 0 Å². The number of carboxylic acid groups (broad SMARTS) is 1. The van der Waals surface area contributed by atoms with Gasteiger partial charge in [-0.2, -0.15) is 0 Å². The van der Waals surface area contributed by atoms with E-state index in [1.165, 1.54) is 51.4 Å². The zero-order chi connectivity index (χ0) is 19.0. The number of carbonyl (C=O) groups is 1. The molecule has 0 aromatic heterocycles. The zero-order valence-corrected chi connectivity index (χ0v) is 17.2. The Kier molecular flexibility index (Phi) is 8.89. The second-order valence-electron chi connectivity index (χ2n) is 9.04. The first kappa shape index (κ1) is 21.7. The molecule has 2 aliphatic rings. The monoisotopic (exact) mass is 368 g/mol. The van der Waals surface area contributed by atoms with Crippen LogP contribution in [0.25, 0.3) is 0 Å². The fourth-order valence-electron chi connectivity index (χ4n) is 4.58. The molecule has 0 spiro atoms. The van der Waals surface area contributed by atoms with Crippen LogP contribution >= 0.6 is 0 Å². The molecule has 2 fully saturated rings. The maximum Gasteiger partial charge on any atom is 0.309 e. The second kappa shape index (κ2) is 10.7. The number of hydrogen-bond donors (Lipinski definition) is 1. The Bertz CT molecular complexity index is 420. The van der Waals surface area contributed by atoms with E-state index in [2.05, 4.69) is 6.92 Å². The molecule has 1 N–H and O–H groups in total. The third-order valence-corrected chi connectivity index (χ3v) is 6.46. The molecule has 2 aliphatic heterocycles. The van der Waals surface area contributed by atoms with E-state index >= 15 is 0 Å². The Morgan fingerprint density at radius 3 is 2.42 bits per heavy atom. The molecule has 0 aliphatic carbocycles. The van der Waals surface area contributed by atoms with E-state index < -0.39 is 11.4 Å². The van der Waals surface area contributed by atoms with Crippen molar-refractivity contribution in [3.05, 3.63) is 0 Å². The van der Waals surface area contributed by atoms with Gasteiger partial charge < -0.3 is 14.6 Å². The van der Waals surface area contributed by atoms with Gasteiger partial charge in [-0.05, 0) is 51.9 Å². The highest BCUT2D eigenvalue weighted by atomic mass is 16.5.